The van der Waals surface area contributed by atoms with E-state index in [4.69, 9.17) is 14.6 Å². The maximum absolute atomic E-state index is 12.2. The number of hydrogen-bond acceptors (Lipinski definition) is 5. The molecule has 2 aromatic carbocycles. The van der Waals surface area contributed by atoms with Crippen molar-refractivity contribution in [2.75, 3.05) is 13.2 Å². The maximum Gasteiger partial charge on any atom is 0.251 e. The molecule has 1 aliphatic rings. The van der Waals surface area contributed by atoms with Crippen LogP contribution < -0.4 is 15.2 Å². The Hall–Kier alpha value is -2.42. The number of benzene rings is 2. The Morgan fingerprint density at radius 1 is 1.15 bits per heavy atom. The molecule has 8 heteroatoms. The molecule has 1 saturated heterocycles. The molecule has 0 unspecified atom stereocenters. The Bertz CT molecular complexity index is 873. The van der Waals surface area contributed by atoms with Gasteiger partial charge in [-0.15, -0.1) is 0 Å². The van der Waals surface area contributed by atoms with Crippen LogP contribution in [0.15, 0.2) is 53.4 Å². The Morgan fingerprint density at radius 3 is 2.44 bits per heavy atom. The summed E-state index contributed by atoms with van der Waals surface area (Å²) in [5, 5.41) is 7.85. The molecular weight excluding hydrogens is 368 g/mol. The average Bonchev–Trinajstić information content (AvgIpc) is 3.18. The van der Waals surface area contributed by atoms with E-state index in [9.17, 15) is 13.2 Å². The molecule has 1 amide bonds. The van der Waals surface area contributed by atoms with E-state index < -0.39 is 10.0 Å². The van der Waals surface area contributed by atoms with Gasteiger partial charge in [0.1, 0.15) is 12.4 Å². The highest BCUT2D eigenvalue weighted by atomic mass is 32.2. The highest BCUT2D eigenvalue weighted by Gasteiger charge is 2.16. The number of hydrogen-bond donors (Lipinski definition) is 2. The summed E-state index contributed by atoms with van der Waals surface area (Å²) >= 11 is 0. The van der Waals surface area contributed by atoms with Gasteiger partial charge in [0.2, 0.25) is 10.0 Å². The second-order valence-corrected chi connectivity index (χ2v) is 7.90. The summed E-state index contributed by atoms with van der Waals surface area (Å²) in [5.74, 6) is 0.469. The Balaban J connectivity index is 1.50. The molecule has 2 aromatic rings. The van der Waals surface area contributed by atoms with Gasteiger partial charge in [0.15, 0.2) is 0 Å². The van der Waals surface area contributed by atoms with Crippen molar-refractivity contribution in [1.29, 1.82) is 0 Å². The standard InChI is InChI=1S/C19H22N2O5S/c20-27(23,24)18-9-3-14(4-10-18)12-21-19(22)15-5-7-16(8-6-15)26-13-17-2-1-11-25-17/h3-10,17H,1-2,11-13H2,(H,21,22)(H2,20,23,24)/t17-/m0/s1. The molecule has 0 aromatic heterocycles. The van der Waals surface area contributed by atoms with E-state index in [2.05, 4.69) is 5.32 Å². The monoisotopic (exact) mass is 390 g/mol. The van der Waals surface area contributed by atoms with E-state index in [1.165, 1.54) is 12.1 Å². The largest absolute Gasteiger partial charge is 0.491 e. The van der Waals surface area contributed by atoms with Crippen molar-refractivity contribution >= 4 is 15.9 Å². The lowest BCUT2D eigenvalue weighted by molar-refractivity contribution is 0.0679. The number of rotatable bonds is 7. The third-order valence-corrected chi connectivity index (χ3v) is 5.21. The molecule has 1 fully saturated rings. The molecule has 0 bridgehead atoms. The molecule has 0 aliphatic carbocycles. The zero-order valence-corrected chi connectivity index (χ0v) is 15.6. The maximum atomic E-state index is 12.2. The summed E-state index contributed by atoms with van der Waals surface area (Å²) in [4.78, 5) is 12.3. The molecule has 0 radical (unpaired) electrons. The van der Waals surface area contributed by atoms with Crippen molar-refractivity contribution in [3.8, 4) is 5.75 Å². The zero-order valence-electron chi connectivity index (χ0n) is 14.8. The number of carbonyl (C=O) groups is 1. The van der Waals surface area contributed by atoms with Crippen LogP contribution in [-0.4, -0.2) is 33.6 Å². The van der Waals surface area contributed by atoms with E-state index in [0.29, 0.717) is 17.9 Å². The predicted octanol–water partition coefficient (Wildman–Crippen LogP) is 1.82. The lowest BCUT2D eigenvalue weighted by Gasteiger charge is -2.12. The van der Waals surface area contributed by atoms with Gasteiger partial charge in [0.05, 0.1) is 11.0 Å². The van der Waals surface area contributed by atoms with Gasteiger partial charge in [-0.3, -0.25) is 4.79 Å². The number of amides is 1. The summed E-state index contributed by atoms with van der Waals surface area (Å²) < 4.78 is 33.7. The van der Waals surface area contributed by atoms with Gasteiger partial charge in [-0.25, -0.2) is 13.6 Å². The van der Waals surface area contributed by atoms with Crippen LogP contribution in [0.1, 0.15) is 28.8 Å². The summed E-state index contributed by atoms with van der Waals surface area (Å²) in [7, 11) is -3.72. The van der Waals surface area contributed by atoms with Gasteiger partial charge in [-0.1, -0.05) is 12.1 Å². The van der Waals surface area contributed by atoms with Crippen LogP contribution in [0.2, 0.25) is 0 Å². The fourth-order valence-electron chi connectivity index (χ4n) is 2.75. The van der Waals surface area contributed by atoms with Crippen LogP contribution in [0.3, 0.4) is 0 Å². The number of primary sulfonamides is 1. The minimum atomic E-state index is -3.72. The van der Waals surface area contributed by atoms with Gasteiger partial charge in [0, 0.05) is 18.7 Å². The van der Waals surface area contributed by atoms with Gasteiger partial charge in [-0.05, 0) is 54.8 Å². The topological polar surface area (TPSA) is 108 Å². The Labute approximate surface area is 158 Å². The van der Waals surface area contributed by atoms with E-state index in [-0.39, 0.29) is 23.5 Å². The van der Waals surface area contributed by atoms with Crippen molar-refractivity contribution < 1.29 is 22.7 Å². The first-order valence-corrected chi connectivity index (χ1v) is 10.2. The van der Waals surface area contributed by atoms with Crippen molar-refractivity contribution in [3.63, 3.8) is 0 Å². The third kappa shape index (κ3) is 5.53. The van der Waals surface area contributed by atoms with E-state index >= 15 is 0 Å². The Morgan fingerprint density at radius 2 is 1.85 bits per heavy atom. The molecule has 1 heterocycles. The highest BCUT2D eigenvalue weighted by molar-refractivity contribution is 7.89. The highest BCUT2D eigenvalue weighted by Crippen LogP contribution is 2.17. The van der Waals surface area contributed by atoms with Gasteiger partial charge >= 0.3 is 0 Å². The molecule has 1 aliphatic heterocycles. The normalized spacial score (nSPS) is 16.9. The minimum absolute atomic E-state index is 0.0381. The number of carbonyl (C=O) groups excluding carboxylic acids is 1. The lowest BCUT2D eigenvalue weighted by Crippen LogP contribution is -2.22. The fourth-order valence-corrected chi connectivity index (χ4v) is 3.26. The molecule has 3 N–H and O–H groups in total. The first-order valence-electron chi connectivity index (χ1n) is 8.66. The molecule has 7 nitrogen and oxygen atoms in total. The van der Waals surface area contributed by atoms with Crippen molar-refractivity contribution in [2.24, 2.45) is 5.14 Å². The quantitative estimate of drug-likeness (QED) is 0.750. The van der Waals surface area contributed by atoms with Crippen LogP contribution in [-0.2, 0) is 21.3 Å². The van der Waals surface area contributed by atoms with Gasteiger partial charge in [0.25, 0.3) is 5.91 Å². The predicted molar refractivity (Wildman–Crippen MR) is 99.9 cm³/mol. The molecule has 27 heavy (non-hydrogen) atoms. The second kappa shape index (κ2) is 8.51. The van der Waals surface area contributed by atoms with Crippen molar-refractivity contribution in [2.45, 2.75) is 30.4 Å². The average molecular weight is 390 g/mol. The molecule has 144 valence electrons. The molecule has 1 atom stereocenters. The summed E-state index contributed by atoms with van der Waals surface area (Å²) in [5.41, 5.74) is 1.29. The van der Waals surface area contributed by atoms with Gasteiger partial charge < -0.3 is 14.8 Å². The summed E-state index contributed by atoms with van der Waals surface area (Å²) in [6, 6.07) is 13.0. The number of ether oxygens (including phenoxy) is 2. The number of sulfonamides is 1. The molecule has 0 spiro atoms. The summed E-state index contributed by atoms with van der Waals surface area (Å²) in [6.45, 7) is 1.58. The van der Waals surface area contributed by atoms with Crippen LogP contribution in [0, 0.1) is 0 Å². The first-order chi connectivity index (χ1) is 12.9. The SMILES string of the molecule is NS(=O)(=O)c1ccc(CNC(=O)c2ccc(OC[C@@H]3CCCO3)cc2)cc1. The van der Waals surface area contributed by atoms with E-state index in [1.54, 1.807) is 36.4 Å². The second-order valence-electron chi connectivity index (χ2n) is 6.34. The van der Waals surface area contributed by atoms with E-state index in [1.807, 2.05) is 0 Å². The van der Waals surface area contributed by atoms with E-state index in [0.717, 1.165) is 25.0 Å². The van der Waals surface area contributed by atoms with Crippen LogP contribution in [0.4, 0.5) is 0 Å². The van der Waals surface area contributed by atoms with Gasteiger partial charge in [-0.2, -0.15) is 0 Å². The number of nitrogens with two attached hydrogens (primary N) is 1. The molecule has 3 rings (SSSR count). The molecular formula is C19H22N2O5S. The summed E-state index contributed by atoms with van der Waals surface area (Å²) in [6.07, 6.45) is 2.23. The van der Waals surface area contributed by atoms with Crippen molar-refractivity contribution in [1.82, 2.24) is 5.32 Å². The zero-order chi connectivity index (χ0) is 19.3. The first kappa shape index (κ1) is 19.3. The fraction of sp³-hybridized carbons (Fsp3) is 0.316. The molecule has 0 saturated carbocycles. The van der Waals surface area contributed by atoms with Crippen molar-refractivity contribution in [3.05, 3.63) is 59.7 Å². The van der Waals surface area contributed by atoms with Crippen LogP contribution in [0.25, 0.3) is 0 Å². The lowest BCUT2D eigenvalue weighted by atomic mass is 10.2. The number of nitrogens with one attached hydrogen (secondary N) is 1. The third-order valence-electron chi connectivity index (χ3n) is 4.28. The van der Waals surface area contributed by atoms with Crippen LogP contribution in [0.5, 0.6) is 5.75 Å². The smallest absolute Gasteiger partial charge is 0.251 e. The minimum Gasteiger partial charge on any atom is -0.491 e. The van der Waals surface area contributed by atoms with Crippen LogP contribution >= 0.6 is 0 Å². The Kier molecular flexibility index (Phi) is 6.10.